The Morgan fingerprint density at radius 3 is 1.76 bits per heavy atom. The molecule has 0 atom stereocenters. The van der Waals surface area contributed by atoms with Gasteiger partial charge in [0.15, 0.2) is 0 Å². The fourth-order valence-electron chi connectivity index (χ4n) is 10.5. The highest BCUT2D eigenvalue weighted by Gasteiger charge is 2.48. The van der Waals surface area contributed by atoms with E-state index in [1.54, 1.807) is 0 Å². The second-order valence-electron chi connectivity index (χ2n) is 21.0. The van der Waals surface area contributed by atoms with Crippen molar-refractivity contribution >= 4 is 79.2 Å². The molecule has 3 nitrogen and oxygen atoms in total. The molecule has 10 rings (SSSR count). The Bertz CT molecular complexity index is 2860. The molecule has 0 unspecified atom stereocenters. The molecular weight excluding hydrogens is 703 g/mol. The van der Waals surface area contributed by atoms with Gasteiger partial charge in [-0.05, 0) is 147 Å². The number of anilines is 6. The van der Waals surface area contributed by atoms with Gasteiger partial charge in [0.2, 0.25) is 0 Å². The summed E-state index contributed by atoms with van der Waals surface area (Å²) in [5.41, 5.74) is 21.5. The van der Waals surface area contributed by atoms with Gasteiger partial charge in [-0.1, -0.05) is 124 Å². The molecule has 0 bridgehead atoms. The van der Waals surface area contributed by atoms with E-state index in [9.17, 15) is 0 Å². The Kier molecular flexibility index (Phi) is 7.78. The van der Waals surface area contributed by atoms with E-state index in [0.29, 0.717) is 0 Å². The molecule has 0 saturated heterocycles. The van der Waals surface area contributed by atoms with Crippen LogP contribution in [0.2, 0.25) is 0 Å². The molecular formula is C54H57BN2O. The van der Waals surface area contributed by atoms with Crippen molar-refractivity contribution in [2.24, 2.45) is 0 Å². The molecule has 2 aliphatic heterocycles. The van der Waals surface area contributed by atoms with Crippen LogP contribution in [0.4, 0.5) is 34.1 Å². The predicted molar refractivity (Wildman–Crippen MR) is 250 cm³/mol. The van der Waals surface area contributed by atoms with Gasteiger partial charge in [-0.25, -0.2) is 0 Å². The molecule has 58 heavy (non-hydrogen) atoms. The van der Waals surface area contributed by atoms with E-state index in [1.807, 2.05) is 0 Å². The minimum absolute atomic E-state index is 0.0455. The van der Waals surface area contributed by atoms with Crippen molar-refractivity contribution in [1.82, 2.24) is 0 Å². The minimum atomic E-state index is -0.0969. The highest BCUT2D eigenvalue weighted by atomic mass is 16.3. The zero-order chi connectivity index (χ0) is 40.8. The Hall–Kier alpha value is -5.22. The molecule has 0 saturated carbocycles. The SMILES string of the molecule is Cc1cc(C(C)(C)C)ccc1N1c2cc3c(cc2B2c4c1cc(C(C)(C)C)cc4N(c1ccccc1C)c1ccc4c(oc5ccccc54)c12)C(C)(C)CCC3(C)C. The van der Waals surface area contributed by atoms with Crippen LogP contribution in [-0.2, 0) is 21.7 Å². The fourth-order valence-corrected chi connectivity index (χ4v) is 10.5. The van der Waals surface area contributed by atoms with Gasteiger partial charge < -0.3 is 14.2 Å². The second kappa shape index (κ2) is 12.2. The van der Waals surface area contributed by atoms with Gasteiger partial charge in [-0.15, -0.1) is 0 Å². The van der Waals surface area contributed by atoms with E-state index in [1.165, 1.54) is 89.3 Å². The van der Waals surface area contributed by atoms with Crippen molar-refractivity contribution in [3.05, 3.63) is 137 Å². The smallest absolute Gasteiger partial charge is 0.257 e. The molecule has 292 valence electrons. The van der Waals surface area contributed by atoms with E-state index < -0.39 is 0 Å². The van der Waals surface area contributed by atoms with Crippen molar-refractivity contribution in [2.75, 3.05) is 9.80 Å². The summed E-state index contributed by atoms with van der Waals surface area (Å²) >= 11 is 0. The average molecular weight is 761 g/mol. The van der Waals surface area contributed by atoms with Gasteiger partial charge in [0.25, 0.3) is 6.71 Å². The summed E-state index contributed by atoms with van der Waals surface area (Å²) in [6.45, 7) is 28.4. The molecule has 0 spiro atoms. The first-order chi connectivity index (χ1) is 27.3. The molecule has 0 radical (unpaired) electrons. The Balaban J connectivity index is 1.41. The van der Waals surface area contributed by atoms with Crippen LogP contribution in [0.25, 0.3) is 21.9 Å². The molecule has 7 aromatic rings. The molecule has 3 aliphatic rings. The molecule has 0 fully saturated rings. The molecule has 0 N–H and O–H groups in total. The molecule has 4 heteroatoms. The van der Waals surface area contributed by atoms with Crippen LogP contribution in [0.1, 0.15) is 115 Å². The van der Waals surface area contributed by atoms with Crippen LogP contribution in [0.15, 0.2) is 108 Å². The Labute approximate surface area is 346 Å². The Morgan fingerprint density at radius 2 is 1.10 bits per heavy atom. The van der Waals surface area contributed by atoms with Crippen molar-refractivity contribution in [3.8, 4) is 0 Å². The third-order valence-electron chi connectivity index (χ3n) is 14.1. The number of benzene rings is 6. The summed E-state index contributed by atoms with van der Waals surface area (Å²) in [4.78, 5) is 5.21. The lowest BCUT2D eigenvalue weighted by Crippen LogP contribution is -2.62. The molecule has 1 aromatic heterocycles. The highest BCUT2D eigenvalue weighted by Crippen LogP contribution is 2.52. The quantitative estimate of drug-likeness (QED) is 0.164. The summed E-state index contributed by atoms with van der Waals surface area (Å²) in [6.07, 6.45) is 2.33. The summed E-state index contributed by atoms with van der Waals surface area (Å²) in [7, 11) is 0. The van der Waals surface area contributed by atoms with E-state index >= 15 is 0 Å². The predicted octanol–water partition coefficient (Wildman–Crippen LogP) is 13.2. The summed E-state index contributed by atoms with van der Waals surface area (Å²) < 4.78 is 7.09. The number of hydrogen-bond donors (Lipinski definition) is 0. The van der Waals surface area contributed by atoms with E-state index in [-0.39, 0.29) is 28.4 Å². The third kappa shape index (κ3) is 5.32. The van der Waals surface area contributed by atoms with Gasteiger partial charge in [0.05, 0.1) is 0 Å². The first-order valence-electron chi connectivity index (χ1n) is 21.4. The van der Waals surface area contributed by atoms with Gasteiger partial charge in [-0.2, -0.15) is 0 Å². The van der Waals surface area contributed by atoms with Gasteiger partial charge in [0.1, 0.15) is 11.2 Å². The van der Waals surface area contributed by atoms with Crippen molar-refractivity contribution in [3.63, 3.8) is 0 Å². The van der Waals surface area contributed by atoms with Crippen molar-refractivity contribution in [2.45, 2.75) is 118 Å². The largest absolute Gasteiger partial charge is 0.457 e. The van der Waals surface area contributed by atoms with E-state index in [4.69, 9.17) is 4.42 Å². The summed E-state index contributed by atoms with van der Waals surface area (Å²) in [6, 6.07) is 39.6. The lowest BCUT2D eigenvalue weighted by atomic mass is 9.32. The number of furan rings is 1. The Morgan fingerprint density at radius 1 is 0.517 bits per heavy atom. The zero-order valence-electron chi connectivity index (χ0n) is 36.6. The van der Waals surface area contributed by atoms with Crippen molar-refractivity contribution < 1.29 is 4.42 Å². The number of para-hydroxylation sites is 2. The van der Waals surface area contributed by atoms with Gasteiger partial charge in [0, 0.05) is 44.9 Å². The average Bonchev–Trinajstić information content (AvgIpc) is 3.55. The lowest BCUT2D eigenvalue weighted by molar-refractivity contribution is 0.332. The second-order valence-corrected chi connectivity index (χ2v) is 21.0. The van der Waals surface area contributed by atoms with Crippen LogP contribution in [0, 0.1) is 13.8 Å². The minimum Gasteiger partial charge on any atom is -0.457 e. The summed E-state index contributed by atoms with van der Waals surface area (Å²) in [5, 5.41) is 2.34. The summed E-state index contributed by atoms with van der Waals surface area (Å²) in [5.74, 6) is 0. The topological polar surface area (TPSA) is 19.6 Å². The zero-order valence-corrected chi connectivity index (χ0v) is 36.6. The molecule has 1 aliphatic carbocycles. The molecule has 0 amide bonds. The first-order valence-corrected chi connectivity index (χ1v) is 21.4. The van der Waals surface area contributed by atoms with E-state index in [2.05, 4.69) is 196 Å². The maximum absolute atomic E-state index is 7.09. The number of nitrogens with zero attached hydrogens (tertiary/aromatic N) is 2. The first kappa shape index (κ1) is 37.1. The molecule has 3 heterocycles. The van der Waals surface area contributed by atoms with Gasteiger partial charge in [-0.3, -0.25) is 0 Å². The monoisotopic (exact) mass is 760 g/mol. The standard InChI is InChI=1S/C54H57BN2O/c1-32-17-13-15-19-41(32)56-43-24-22-37-36-18-14-16-20-47(36)58-50(37)49(43)55-40-30-38-39(54(11,12)26-25-53(38,9)10)31-44(40)57(42-23-21-34(27-33(42)2)51(3,4)5)46-29-35(52(6,7)8)28-45(56)48(46)55/h13-24,27-31H,25-26H2,1-12H3. The van der Waals surface area contributed by atoms with Gasteiger partial charge >= 0.3 is 0 Å². The number of aryl methyl sites for hydroxylation is 2. The van der Waals surface area contributed by atoms with Crippen LogP contribution in [-0.4, -0.2) is 6.71 Å². The molecule has 6 aromatic carbocycles. The van der Waals surface area contributed by atoms with Crippen LogP contribution in [0.3, 0.4) is 0 Å². The van der Waals surface area contributed by atoms with Crippen molar-refractivity contribution in [1.29, 1.82) is 0 Å². The number of rotatable bonds is 2. The fraction of sp³-hybridized carbons (Fsp3) is 0.333. The van der Waals surface area contributed by atoms with Crippen LogP contribution < -0.4 is 26.2 Å². The highest BCUT2D eigenvalue weighted by molar-refractivity contribution is 7.01. The van der Waals surface area contributed by atoms with Crippen LogP contribution >= 0.6 is 0 Å². The number of hydrogen-bond acceptors (Lipinski definition) is 3. The number of fused-ring (bicyclic) bond motifs is 9. The van der Waals surface area contributed by atoms with E-state index in [0.717, 1.165) is 29.4 Å². The maximum Gasteiger partial charge on any atom is 0.257 e. The maximum atomic E-state index is 7.09. The normalized spacial score (nSPS) is 16.7. The van der Waals surface area contributed by atoms with Crippen LogP contribution in [0.5, 0.6) is 0 Å². The lowest BCUT2D eigenvalue weighted by Gasteiger charge is -2.48. The third-order valence-corrected chi connectivity index (χ3v) is 14.1.